The monoisotopic (exact) mass is 279 g/mol. The van der Waals surface area contributed by atoms with Crippen molar-refractivity contribution >= 4 is 17.7 Å². The Kier molecular flexibility index (Phi) is 5.96. The van der Waals surface area contributed by atoms with Crippen LogP contribution in [-0.4, -0.2) is 56.1 Å². The average molecular weight is 279 g/mol. The van der Waals surface area contributed by atoms with Crippen LogP contribution in [0.1, 0.15) is 23.7 Å². The summed E-state index contributed by atoms with van der Waals surface area (Å²) in [4.78, 5) is 31.2. The molecular weight excluding hydrogens is 258 g/mol. The van der Waals surface area contributed by atoms with E-state index in [2.05, 4.69) is 9.72 Å². The van der Waals surface area contributed by atoms with Gasteiger partial charge in [0, 0.05) is 26.8 Å². The molecule has 1 rings (SSSR count). The molecule has 0 spiro atoms. The molecule has 1 heterocycles. The van der Waals surface area contributed by atoms with E-state index in [0.717, 1.165) is 12.2 Å². The molecule has 0 aromatic carbocycles. The fourth-order valence-electron chi connectivity index (χ4n) is 1.70. The molecule has 6 heteroatoms. The van der Waals surface area contributed by atoms with Crippen LogP contribution in [0.15, 0.2) is 18.3 Å². The zero-order chi connectivity index (χ0) is 15.1. The SMILES string of the molecule is CCCN(CC(=O)OC)C(=O)c1ccc(N(C)C)nc1. The lowest BCUT2D eigenvalue weighted by atomic mass is 10.2. The number of pyridine rings is 1. The van der Waals surface area contributed by atoms with E-state index in [1.54, 1.807) is 12.1 Å². The standard InChI is InChI=1S/C14H21N3O3/c1-5-8-17(10-13(18)20-4)14(19)11-6-7-12(15-9-11)16(2)3/h6-7,9H,5,8,10H2,1-4H3. The summed E-state index contributed by atoms with van der Waals surface area (Å²) in [5.74, 6) is 0.135. The predicted molar refractivity (Wildman–Crippen MR) is 76.8 cm³/mol. The number of rotatable bonds is 6. The van der Waals surface area contributed by atoms with E-state index >= 15 is 0 Å². The Hall–Kier alpha value is -2.11. The topological polar surface area (TPSA) is 62.7 Å². The summed E-state index contributed by atoms with van der Waals surface area (Å²) in [6, 6.07) is 3.49. The maximum Gasteiger partial charge on any atom is 0.325 e. The highest BCUT2D eigenvalue weighted by Crippen LogP contribution is 2.10. The Labute approximate surface area is 119 Å². The number of carbonyl (C=O) groups is 2. The van der Waals surface area contributed by atoms with Gasteiger partial charge in [-0.2, -0.15) is 0 Å². The van der Waals surface area contributed by atoms with E-state index in [0.29, 0.717) is 12.1 Å². The first kappa shape index (κ1) is 15.9. The molecule has 0 saturated heterocycles. The third-order valence-corrected chi connectivity index (χ3v) is 2.78. The molecule has 0 aliphatic carbocycles. The van der Waals surface area contributed by atoms with Crippen LogP contribution in [-0.2, 0) is 9.53 Å². The summed E-state index contributed by atoms with van der Waals surface area (Å²) in [6.45, 7) is 2.41. The van der Waals surface area contributed by atoms with E-state index in [1.165, 1.54) is 18.2 Å². The molecule has 6 nitrogen and oxygen atoms in total. The highest BCUT2D eigenvalue weighted by Gasteiger charge is 2.18. The van der Waals surface area contributed by atoms with Gasteiger partial charge in [-0.25, -0.2) is 4.98 Å². The molecule has 1 amide bonds. The van der Waals surface area contributed by atoms with Gasteiger partial charge in [-0.05, 0) is 18.6 Å². The van der Waals surface area contributed by atoms with Gasteiger partial charge in [-0.15, -0.1) is 0 Å². The van der Waals surface area contributed by atoms with Crippen LogP contribution in [0.25, 0.3) is 0 Å². The van der Waals surface area contributed by atoms with Crippen LogP contribution in [0.4, 0.5) is 5.82 Å². The smallest absolute Gasteiger partial charge is 0.325 e. The number of aromatic nitrogens is 1. The number of carbonyl (C=O) groups excluding carboxylic acids is 2. The number of amides is 1. The fraction of sp³-hybridized carbons (Fsp3) is 0.500. The van der Waals surface area contributed by atoms with Gasteiger partial charge in [-0.3, -0.25) is 9.59 Å². The summed E-state index contributed by atoms with van der Waals surface area (Å²) < 4.78 is 4.61. The third kappa shape index (κ3) is 4.22. The second-order valence-corrected chi connectivity index (χ2v) is 4.60. The van der Waals surface area contributed by atoms with Crippen molar-refractivity contribution in [2.24, 2.45) is 0 Å². The first-order valence-electron chi connectivity index (χ1n) is 6.49. The van der Waals surface area contributed by atoms with E-state index in [-0.39, 0.29) is 12.5 Å². The number of hydrogen-bond donors (Lipinski definition) is 0. The molecule has 0 bridgehead atoms. The fourth-order valence-corrected chi connectivity index (χ4v) is 1.70. The van der Waals surface area contributed by atoms with Crippen molar-refractivity contribution in [1.82, 2.24) is 9.88 Å². The normalized spacial score (nSPS) is 10.0. The number of anilines is 1. The molecule has 110 valence electrons. The molecule has 0 radical (unpaired) electrons. The molecule has 0 saturated carbocycles. The van der Waals surface area contributed by atoms with Crippen molar-refractivity contribution in [3.05, 3.63) is 23.9 Å². The number of hydrogen-bond acceptors (Lipinski definition) is 5. The first-order chi connectivity index (χ1) is 9.49. The van der Waals surface area contributed by atoms with Crippen molar-refractivity contribution in [3.63, 3.8) is 0 Å². The molecule has 0 atom stereocenters. The van der Waals surface area contributed by atoms with Crippen LogP contribution in [0.3, 0.4) is 0 Å². The molecular formula is C14H21N3O3. The van der Waals surface area contributed by atoms with Gasteiger partial charge in [0.05, 0.1) is 12.7 Å². The second kappa shape index (κ2) is 7.47. The number of nitrogens with zero attached hydrogens (tertiary/aromatic N) is 3. The van der Waals surface area contributed by atoms with E-state index in [1.807, 2.05) is 25.9 Å². The van der Waals surface area contributed by atoms with Gasteiger partial charge in [0.2, 0.25) is 0 Å². The Morgan fingerprint density at radius 1 is 1.30 bits per heavy atom. The molecule has 0 aliphatic rings. The van der Waals surface area contributed by atoms with Gasteiger partial charge in [0.1, 0.15) is 12.4 Å². The van der Waals surface area contributed by atoms with Crippen LogP contribution in [0.5, 0.6) is 0 Å². The van der Waals surface area contributed by atoms with Gasteiger partial charge < -0.3 is 14.5 Å². The quantitative estimate of drug-likeness (QED) is 0.732. The lowest BCUT2D eigenvalue weighted by molar-refractivity contribution is -0.141. The Morgan fingerprint density at radius 2 is 2.00 bits per heavy atom. The predicted octanol–water partition coefficient (Wildman–Crippen LogP) is 1.17. The molecule has 0 unspecified atom stereocenters. The second-order valence-electron chi connectivity index (χ2n) is 4.60. The highest BCUT2D eigenvalue weighted by atomic mass is 16.5. The Balaban J connectivity index is 2.85. The van der Waals surface area contributed by atoms with Crippen molar-refractivity contribution in [3.8, 4) is 0 Å². The van der Waals surface area contributed by atoms with Gasteiger partial charge >= 0.3 is 5.97 Å². The van der Waals surface area contributed by atoms with E-state index in [4.69, 9.17) is 0 Å². The van der Waals surface area contributed by atoms with Crippen LogP contribution >= 0.6 is 0 Å². The Morgan fingerprint density at radius 3 is 2.45 bits per heavy atom. The summed E-state index contributed by atoms with van der Waals surface area (Å²) >= 11 is 0. The van der Waals surface area contributed by atoms with Gasteiger partial charge in [0.15, 0.2) is 0 Å². The number of ether oxygens (including phenoxy) is 1. The summed E-state index contributed by atoms with van der Waals surface area (Å²) in [5, 5.41) is 0. The lowest BCUT2D eigenvalue weighted by Crippen LogP contribution is -2.36. The zero-order valence-corrected chi connectivity index (χ0v) is 12.4. The van der Waals surface area contributed by atoms with Crippen molar-refractivity contribution in [2.45, 2.75) is 13.3 Å². The first-order valence-corrected chi connectivity index (χ1v) is 6.49. The minimum Gasteiger partial charge on any atom is -0.468 e. The Bertz CT molecular complexity index is 457. The number of methoxy groups -OCH3 is 1. The van der Waals surface area contributed by atoms with E-state index < -0.39 is 5.97 Å². The summed E-state index contributed by atoms with van der Waals surface area (Å²) in [6.07, 6.45) is 2.30. The minimum atomic E-state index is -0.426. The van der Waals surface area contributed by atoms with Crippen molar-refractivity contribution in [1.29, 1.82) is 0 Å². The van der Waals surface area contributed by atoms with Crippen molar-refractivity contribution < 1.29 is 14.3 Å². The van der Waals surface area contributed by atoms with Crippen LogP contribution in [0.2, 0.25) is 0 Å². The maximum atomic E-state index is 12.3. The maximum absolute atomic E-state index is 12.3. The van der Waals surface area contributed by atoms with Crippen LogP contribution in [0, 0.1) is 0 Å². The molecule has 0 aliphatic heterocycles. The molecule has 20 heavy (non-hydrogen) atoms. The zero-order valence-electron chi connectivity index (χ0n) is 12.4. The molecule has 1 aromatic rings. The van der Waals surface area contributed by atoms with Crippen molar-refractivity contribution in [2.75, 3.05) is 39.2 Å². The van der Waals surface area contributed by atoms with Gasteiger partial charge in [0.25, 0.3) is 5.91 Å². The third-order valence-electron chi connectivity index (χ3n) is 2.78. The molecule has 0 N–H and O–H groups in total. The summed E-state index contributed by atoms with van der Waals surface area (Å²) in [5.41, 5.74) is 0.466. The van der Waals surface area contributed by atoms with Gasteiger partial charge in [-0.1, -0.05) is 6.92 Å². The average Bonchev–Trinajstić information content (AvgIpc) is 2.46. The number of esters is 1. The largest absolute Gasteiger partial charge is 0.468 e. The summed E-state index contributed by atoms with van der Waals surface area (Å²) in [7, 11) is 5.07. The molecule has 1 aromatic heterocycles. The lowest BCUT2D eigenvalue weighted by Gasteiger charge is -2.21. The highest BCUT2D eigenvalue weighted by molar-refractivity contribution is 5.95. The molecule has 0 fully saturated rings. The minimum absolute atomic E-state index is 0.0431. The van der Waals surface area contributed by atoms with Crippen LogP contribution < -0.4 is 4.90 Å². The van der Waals surface area contributed by atoms with E-state index in [9.17, 15) is 9.59 Å².